The molecule has 1 aromatic carbocycles. The number of rotatable bonds is 3. The number of para-hydroxylation sites is 2. The second-order valence-corrected chi connectivity index (χ2v) is 5.34. The fraction of sp³-hybridized carbons (Fsp3) is 0.375. The highest BCUT2D eigenvalue weighted by Gasteiger charge is 2.32. The SMILES string of the molecule is Cc1ncoc1C(=O)N(C)[C@@H](C)[C@@H]1COc2ccccc2O1. The van der Waals surface area contributed by atoms with E-state index in [-0.39, 0.29) is 23.8 Å². The largest absolute Gasteiger partial charge is 0.486 e. The van der Waals surface area contributed by atoms with E-state index in [1.165, 1.54) is 6.39 Å². The molecule has 1 aromatic heterocycles. The molecule has 1 aliphatic heterocycles. The van der Waals surface area contributed by atoms with Crippen molar-refractivity contribution >= 4 is 5.91 Å². The number of benzene rings is 1. The molecule has 116 valence electrons. The Kier molecular flexibility index (Phi) is 3.75. The van der Waals surface area contributed by atoms with Crippen LogP contribution in [-0.2, 0) is 0 Å². The predicted octanol–water partition coefficient (Wildman–Crippen LogP) is 2.28. The van der Waals surface area contributed by atoms with Gasteiger partial charge in [0.15, 0.2) is 24.0 Å². The number of likely N-dealkylation sites (N-methyl/N-ethyl adjacent to an activating group) is 1. The Bertz CT molecular complexity index is 682. The smallest absolute Gasteiger partial charge is 0.291 e. The van der Waals surface area contributed by atoms with Gasteiger partial charge in [0.05, 0.1) is 11.7 Å². The van der Waals surface area contributed by atoms with Crippen molar-refractivity contribution < 1.29 is 18.7 Å². The van der Waals surface area contributed by atoms with Crippen LogP contribution in [0.15, 0.2) is 35.1 Å². The van der Waals surface area contributed by atoms with Gasteiger partial charge in [0, 0.05) is 7.05 Å². The van der Waals surface area contributed by atoms with Crippen molar-refractivity contribution in [2.45, 2.75) is 26.0 Å². The van der Waals surface area contributed by atoms with E-state index >= 15 is 0 Å². The molecule has 0 saturated carbocycles. The molecule has 0 radical (unpaired) electrons. The summed E-state index contributed by atoms with van der Waals surface area (Å²) in [6.07, 6.45) is 1.03. The maximum Gasteiger partial charge on any atom is 0.291 e. The average Bonchev–Trinajstić information content (AvgIpc) is 2.98. The van der Waals surface area contributed by atoms with Gasteiger partial charge < -0.3 is 18.8 Å². The summed E-state index contributed by atoms with van der Waals surface area (Å²) in [7, 11) is 1.72. The van der Waals surface area contributed by atoms with Crippen molar-refractivity contribution in [3.63, 3.8) is 0 Å². The predicted molar refractivity (Wildman–Crippen MR) is 79.1 cm³/mol. The number of hydrogen-bond donors (Lipinski definition) is 0. The number of oxazole rings is 1. The molecule has 2 aromatic rings. The third-order valence-corrected chi connectivity index (χ3v) is 3.94. The van der Waals surface area contributed by atoms with Crippen LogP contribution in [0.3, 0.4) is 0 Å². The first-order valence-corrected chi connectivity index (χ1v) is 7.13. The van der Waals surface area contributed by atoms with Gasteiger partial charge in [0.25, 0.3) is 5.91 Å². The molecule has 22 heavy (non-hydrogen) atoms. The zero-order valence-corrected chi connectivity index (χ0v) is 12.8. The summed E-state index contributed by atoms with van der Waals surface area (Å²) in [4.78, 5) is 18.0. The number of nitrogens with zero attached hydrogens (tertiary/aromatic N) is 2. The van der Waals surface area contributed by atoms with Crippen LogP contribution >= 0.6 is 0 Å². The van der Waals surface area contributed by atoms with Gasteiger partial charge in [0.1, 0.15) is 6.61 Å². The molecular formula is C16H18N2O4. The van der Waals surface area contributed by atoms with E-state index in [4.69, 9.17) is 13.9 Å². The summed E-state index contributed by atoms with van der Waals surface area (Å²) in [5.41, 5.74) is 0.579. The molecule has 6 nitrogen and oxygen atoms in total. The lowest BCUT2D eigenvalue weighted by atomic mass is 10.1. The van der Waals surface area contributed by atoms with Crippen LogP contribution in [0.25, 0.3) is 0 Å². The lowest BCUT2D eigenvalue weighted by molar-refractivity contribution is 0.0246. The summed E-state index contributed by atoms with van der Waals surface area (Å²) in [6.45, 7) is 4.06. The molecule has 1 aliphatic rings. The van der Waals surface area contributed by atoms with Gasteiger partial charge in [-0.15, -0.1) is 0 Å². The minimum Gasteiger partial charge on any atom is -0.486 e. The molecule has 0 N–H and O–H groups in total. The molecule has 0 fully saturated rings. The molecule has 3 rings (SSSR count). The summed E-state index contributed by atoms with van der Waals surface area (Å²) in [6, 6.07) is 7.33. The highest BCUT2D eigenvalue weighted by atomic mass is 16.6. The second kappa shape index (κ2) is 5.71. The zero-order chi connectivity index (χ0) is 15.7. The van der Waals surface area contributed by atoms with Crippen LogP contribution in [0, 0.1) is 6.92 Å². The van der Waals surface area contributed by atoms with Gasteiger partial charge in [-0.25, -0.2) is 4.98 Å². The molecule has 6 heteroatoms. The number of hydrogen-bond acceptors (Lipinski definition) is 5. The third kappa shape index (κ3) is 2.52. The number of fused-ring (bicyclic) bond motifs is 1. The van der Waals surface area contributed by atoms with Gasteiger partial charge >= 0.3 is 0 Å². The standard InChI is InChI=1S/C16H18N2O4/c1-10-15(21-9-17-10)16(19)18(3)11(2)14-8-20-12-6-4-5-7-13(12)22-14/h4-7,9,11,14H,8H2,1-3H3/t11-,14-/m0/s1. The maximum atomic E-state index is 12.5. The number of carbonyl (C=O) groups is 1. The van der Waals surface area contributed by atoms with Crippen molar-refractivity contribution in [1.29, 1.82) is 0 Å². The Morgan fingerprint density at radius 1 is 1.36 bits per heavy atom. The van der Waals surface area contributed by atoms with Gasteiger partial charge in [-0.2, -0.15) is 0 Å². The molecule has 2 atom stereocenters. The highest BCUT2D eigenvalue weighted by Crippen LogP contribution is 2.32. The van der Waals surface area contributed by atoms with Crippen molar-refractivity contribution in [2.24, 2.45) is 0 Å². The lowest BCUT2D eigenvalue weighted by Gasteiger charge is -2.34. The number of carbonyl (C=O) groups excluding carboxylic acids is 1. The minimum atomic E-state index is -0.243. The van der Waals surface area contributed by atoms with Crippen LogP contribution in [0.2, 0.25) is 0 Å². The highest BCUT2D eigenvalue weighted by molar-refractivity contribution is 5.92. The number of ether oxygens (including phenoxy) is 2. The summed E-state index contributed by atoms with van der Waals surface area (Å²) >= 11 is 0. The van der Waals surface area contributed by atoms with Crippen molar-refractivity contribution in [3.05, 3.63) is 42.1 Å². The van der Waals surface area contributed by atoms with Crippen LogP contribution in [0.4, 0.5) is 0 Å². The van der Waals surface area contributed by atoms with E-state index in [9.17, 15) is 4.79 Å². The molecule has 0 aliphatic carbocycles. The van der Waals surface area contributed by atoms with Crippen LogP contribution in [0.5, 0.6) is 11.5 Å². The van der Waals surface area contributed by atoms with E-state index in [0.29, 0.717) is 18.1 Å². The normalized spacial score (nSPS) is 17.9. The van der Waals surface area contributed by atoms with Crippen LogP contribution in [-0.4, -0.2) is 41.6 Å². The first kappa shape index (κ1) is 14.4. The molecule has 0 bridgehead atoms. The summed E-state index contributed by atoms with van der Waals surface area (Å²) < 4.78 is 16.8. The molecule has 0 spiro atoms. The molecule has 2 heterocycles. The Labute approximate surface area is 128 Å². The zero-order valence-electron chi connectivity index (χ0n) is 12.8. The number of amides is 1. The summed E-state index contributed by atoms with van der Waals surface area (Å²) in [5.74, 6) is 1.46. The van der Waals surface area contributed by atoms with Gasteiger partial charge in [-0.3, -0.25) is 4.79 Å². The Hall–Kier alpha value is -2.50. The van der Waals surface area contributed by atoms with Crippen LogP contribution < -0.4 is 9.47 Å². The van der Waals surface area contributed by atoms with Crippen LogP contribution in [0.1, 0.15) is 23.2 Å². The fourth-order valence-electron chi connectivity index (χ4n) is 2.38. The lowest BCUT2D eigenvalue weighted by Crippen LogP contribution is -2.49. The molecule has 1 amide bonds. The summed E-state index contributed by atoms with van der Waals surface area (Å²) in [5, 5.41) is 0. The van der Waals surface area contributed by atoms with Gasteiger partial charge in [-0.1, -0.05) is 12.1 Å². The van der Waals surface area contributed by atoms with Crippen molar-refractivity contribution in [1.82, 2.24) is 9.88 Å². The van der Waals surface area contributed by atoms with Gasteiger partial charge in [0.2, 0.25) is 5.76 Å². The van der Waals surface area contributed by atoms with E-state index < -0.39 is 0 Å². The first-order valence-electron chi connectivity index (χ1n) is 7.13. The number of aryl methyl sites for hydroxylation is 1. The maximum absolute atomic E-state index is 12.5. The minimum absolute atomic E-state index is 0.176. The Morgan fingerprint density at radius 3 is 2.77 bits per heavy atom. The molecule has 0 unspecified atom stereocenters. The van der Waals surface area contributed by atoms with Crippen molar-refractivity contribution in [2.75, 3.05) is 13.7 Å². The number of aromatic nitrogens is 1. The van der Waals surface area contributed by atoms with Crippen molar-refractivity contribution in [3.8, 4) is 11.5 Å². The quantitative estimate of drug-likeness (QED) is 0.870. The van der Waals surface area contributed by atoms with E-state index in [2.05, 4.69) is 4.98 Å². The Morgan fingerprint density at radius 2 is 2.09 bits per heavy atom. The third-order valence-electron chi connectivity index (χ3n) is 3.94. The van der Waals surface area contributed by atoms with E-state index in [1.54, 1.807) is 18.9 Å². The molecule has 0 saturated heterocycles. The monoisotopic (exact) mass is 302 g/mol. The van der Waals surface area contributed by atoms with E-state index in [0.717, 1.165) is 5.75 Å². The second-order valence-electron chi connectivity index (χ2n) is 5.34. The van der Waals surface area contributed by atoms with Gasteiger partial charge in [-0.05, 0) is 26.0 Å². The van der Waals surface area contributed by atoms with E-state index in [1.807, 2.05) is 31.2 Å². The average molecular weight is 302 g/mol. The first-order chi connectivity index (χ1) is 10.6. The fourth-order valence-corrected chi connectivity index (χ4v) is 2.38. The topological polar surface area (TPSA) is 64.8 Å². The molecular weight excluding hydrogens is 284 g/mol. The Balaban J connectivity index is 1.73.